The number of benzene rings is 2. The lowest BCUT2D eigenvalue weighted by Crippen LogP contribution is -2.17. The van der Waals surface area contributed by atoms with Crippen molar-refractivity contribution in [1.29, 1.82) is 0 Å². The van der Waals surface area contributed by atoms with E-state index in [9.17, 15) is 9.90 Å². The zero-order valence-corrected chi connectivity index (χ0v) is 12.0. The van der Waals surface area contributed by atoms with Crippen LogP contribution in [0.15, 0.2) is 41.5 Å². The van der Waals surface area contributed by atoms with Gasteiger partial charge >= 0.3 is 0 Å². The standard InChI is InChI=1S/C15H11ClN2O4/c16-11-2-3-12(19)10(5-11)7-17-18-15(20)9-1-4-13-14(6-9)22-8-21-13/h1-7,19H,8H2,(H,18,20)/b17-7+. The van der Waals surface area contributed by atoms with Gasteiger partial charge in [0.25, 0.3) is 5.91 Å². The van der Waals surface area contributed by atoms with E-state index in [1.165, 1.54) is 18.3 Å². The van der Waals surface area contributed by atoms with Crippen LogP contribution in [0.3, 0.4) is 0 Å². The summed E-state index contributed by atoms with van der Waals surface area (Å²) in [5.74, 6) is 0.731. The van der Waals surface area contributed by atoms with Crippen molar-refractivity contribution < 1.29 is 19.4 Å². The van der Waals surface area contributed by atoms with Crippen LogP contribution in [0.25, 0.3) is 0 Å². The molecule has 0 unspecified atom stereocenters. The van der Waals surface area contributed by atoms with E-state index in [2.05, 4.69) is 10.5 Å². The zero-order chi connectivity index (χ0) is 15.5. The molecule has 1 heterocycles. The Morgan fingerprint density at radius 2 is 2.05 bits per heavy atom. The molecule has 0 atom stereocenters. The van der Waals surface area contributed by atoms with Gasteiger partial charge in [-0.25, -0.2) is 5.43 Å². The van der Waals surface area contributed by atoms with Crippen LogP contribution in [-0.2, 0) is 0 Å². The number of ether oxygens (including phenoxy) is 2. The molecule has 6 nitrogen and oxygen atoms in total. The minimum Gasteiger partial charge on any atom is -0.507 e. The largest absolute Gasteiger partial charge is 0.507 e. The van der Waals surface area contributed by atoms with Crippen LogP contribution in [0.4, 0.5) is 0 Å². The molecular weight excluding hydrogens is 308 g/mol. The lowest BCUT2D eigenvalue weighted by atomic mass is 10.2. The summed E-state index contributed by atoms with van der Waals surface area (Å²) in [5, 5.41) is 13.9. The molecule has 0 spiro atoms. The minimum absolute atomic E-state index is 0.0190. The molecule has 2 N–H and O–H groups in total. The number of phenols is 1. The van der Waals surface area contributed by atoms with Crippen molar-refractivity contribution in [2.24, 2.45) is 5.10 Å². The van der Waals surface area contributed by atoms with Crippen molar-refractivity contribution in [3.8, 4) is 17.2 Å². The van der Waals surface area contributed by atoms with Gasteiger partial charge in [0.15, 0.2) is 11.5 Å². The Labute approximate surface area is 130 Å². The maximum absolute atomic E-state index is 12.0. The molecule has 2 aromatic carbocycles. The Morgan fingerprint density at radius 3 is 2.91 bits per heavy atom. The topological polar surface area (TPSA) is 80.2 Å². The smallest absolute Gasteiger partial charge is 0.271 e. The lowest BCUT2D eigenvalue weighted by molar-refractivity contribution is 0.0954. The molecule has 1 aliphatic rings. The summed E-state index contributed by atoms with van der Waals surface area (Å²) in [7, 11) is 0. The number of nitrogens with one attached hydrogen (secondary N) is 1. The van der Waals surface area contributed by atoms with Crippen LogP contribution >= 0.6 is 11.6 Å². The maximum atomic E-state index is 12.0. The molecule has 22 heavy (non-hydrogen) atoms. The Kier molecular flexibility index (Phi) is 3.84. The van der Waals surface area contributed by atoms with Crippen LogP contribution in [0.5, 0.6) is 17.2 Å². The summed E-state index contributed by atoms with van der Waals surface area (Å²) in [6, 6.07) is 9.37. The van der Waals surface area contributed by atoms with Crippen molar-refractivity contribution in [1.82, 2.24) is 5.43 Å². The first kappa shape index (κ1) is 14.2. The fourth-order valence-corrected chi connectivity index (χ4v) is 2.07. The first-order valence-electron chi connectivity index (χ1n) is 6.35. The second-order valence-corrected chi connectivity index (χ2v) is 4.91. The predicted octanol–water partition coefficient (Wildman–Crippen LogP) is 2.54. The zero-order valence-electron chi connectivity index (χ0n) is 11.2. The molecule has 0 aliphatic carbocycles. The minimum atomic E-state index is -0.406. The Bertz CT molecular complexity index is 761. The van der Waals surface area contributed by atoms with Crippen LogP contribution in [0.1, 0.15) is 15.9 Å². The van der Waals surface area contributed by atoms with Gasteiger partial charge in [-0.3, -0.25) is 4.79 Å². The summed E-state index contributed by atoms with van der Waals surface area (Å²) in [4.78, 5) is 12.0. The molecule has 2 aromatic rings. The quantitative estimate of drug-likeness (QED) is 0.673. The number of halogens is 1. The number of phenolic OH excluding ortho intramolecular Hbond substituents is 1. The number of carbonyl (C=O) groups excluding carboxylic acids is 1. The van der Waals surface area contributed by atoms with Gasteiger partial charge in [0.05, 0.1) is 6.21 Å². The van der Waals surface area contributed by atoms with E-state index < -0.39 is 5.91 Å². The monoisotopic (exact) mass is 318 g/mol. The number of amides is 1. The summed E-state index contributed by atoms with van der Waals surface area (Å²) in [5.41, 5.74) is 3.15. The van der Waals surface area contributed by atoms with Crippen molar-refractivity contribution in [2.45, 2.75) is 0 Å². The van der Waals surface area contributed by atoms with Gasteiger partial charge in [-0.1, -0.05) is 11.6 Å². The average molecular weight is 319 g/mol. The molecule has 1 amide bonds. The van der Waals surface area contributed by atoms with E-state index in [-0.39, 0.29) is 12.5 Å². The summed E-state index contributed by atoms with van der Waals surface area (Å²) in [6.45, 7) is 0.145. The predicted molar refractivity (Wildman–Crippen MR) is 80.7 cm³/mol. The molecule has 0 radical (unpaired) electrons. The molecule has 0 saturated carbocycles. The number of nitrogens with zero attached hydrogens (tertiary/aromatic N) is 1. The van der Waals surface area contributed by atoms with Crippen molar-refractivity contribution in [3.05, 3.63) is 52.5 Å². The Balaban J connectivity index is 1.69. The highest BCUT2D eigenvalue weighted by atomic mass is 35.5. The molecular formula is C15H11ClN2O4. The number of hydrogen-bond acceptors (Lipinski definition) is 5. The molecule has 7 heteroatoms. The molecule has 1 aliphatic heterocycles. The first-order chi connectivity index (χ1) is 10.6. The number of hydrazone groups is 1. The highest BCUT2D eigenvalue weighted by Crippen LogP contribution is 2.32. The molecule has 0 bridgehead atoms. The van der Waals surface area contributed by atoms with Gasteiger partial charge in [0.1, 0.15) is 5.75 Å². The van der Waals surface area contributed by atoms with E-state index in [1.54, 1.807) is 24.3 Å². The van der Waals surface area contributed by atoms with Crippen LogP contribution in [-0.4, -0.2) is 24.0 Å². The van der Waals surface area contributed by atoms with E-state index in [1.807, 2.05) is 0 Å². The number of aromatic hydroxyl groups is 1. The normalized spacial score (nSPS) is 12.6. The number of carbonyl (C=O) groups is 1. The number of hydrogen-bond donors (Lipinski definition) is 2. The first-order valence-corrected chi connectivity index (χ1v) is 6.73. The van der Waals surface area contributed by atoms with E-state index >= 15 is 0 Å². The Morgan fingerprint density at radius 1 is 1.23 bits per heavy atom. The fourth-order valence-electron chi connectivity index (χ4n) is 1.89. The SMILES string of the molecule is O=C(N/N=C/c1cc(Cl)ccc1O)c1ccc2c(c1)OCO2. The van der Waals surface area contributed by atoms with Gasteiger partial charge < -0.3 is 14.6 Å². The van der Waals surface area contributed by atoms with E-state index in [0.717, 1.165) is 0 Å². The van der Waals surface area contributed by atoms with E-state index in [4.69, 9.17) is 21.1 Å². The lowest BCUT2D eigenvalue weighted by Gasteiger charge is -2.02. The number of rotatable bonds is 3. The summed E-state index contributed by atoms with van der Waals surface area (Å²) >= 11 is 5.82. The van der Waals surface area contributed by atoms with Crippen LogP contribution in [0.2, 0.25) is 5.02 Å². The highest BCUT2D eigenvalue weighted by Gasteiger charge is 2.15. The van der Waals surface area contributed by atoms with Gasteiger partial charge in [-0.2, -0.15) is 5.10 Å². The van der Waals surface area contributed by atoms with Gasteiger partial charge in [-0.05, 0) is 36.4 Å². The molecule has 0 aromatic heterocycles. The second kappa shape index (κ2) is 5.95. The highest BCUT2D eigenvalue weighted by molar-refractivity contribution is 6.30. The number of fused-ring (bicyclic) bond motifs is 1. The third-order valence-corrected chi connectivity index (χ3v) is 3.23. The van der Waals surface area contributed by atoms with Crippen molar-refractivity contribution >= 4 is 23.7 Å². The summed E-state index contributed by atoms with van der Waals surface area (Å²) < 4.78 is 10.4. The van der Waals surface area contributed by atoms with Crippen LogP contribution in [0, 0.1) is 0 Å². The van der Waals surface area contributed by atoms with Crippen molar-refractivity contribution in [2.75, 3.05) is 6.79 Å². The van der Waals surface area contributed by atoms with Crippen molar-refractivity contribution in [3.63, 3.8) is 0 Å². The maximum Gasteiger partial charge on any atom is 0.271 e. The molecule has 0 saturated heterocycles. The summed E-state index contributed by atoms with van der Waals surface area (Å²) in [6.07, 6.45) is 1.31. The third kappa shape index (κ3) is 2.96. The van der Waals surface area contributed by atoms with Crippen LogP contribution < -0.4 is 14.9 Å². The van der Waals surface area contributed by atoms with Gasteiger partial charge in [-0.15, -0.1) is 0 Å². The van der Waals surface area contributed by atoms with Gasteiger partial charge in [0.2, 0.25) is 6.79 Å². The fraction of sp³-hybridized carbons (Fsp3) is 0.0667. The third-order valence-electron chi connectivity index (χ3n) is 2.99. The second-order valence-electron chi connectivity index (χ2n) is 4.47. The van der Waals surface area contributed by atoms with E-state index in [0.29, 0.717) is 27.6 Å². The molecule has 3 rings (SSSR count). The van der Waals surface area contributed by atoms with Gasteiger partial charge in [0, 0.05) is 16.1 Å². The molecule has 0 fully saturated rings. The average Bonchev–Trinajstić information content (AvgIpc) is 2.98. The Hall–Kier alpha value is -2.73. The molecule has 112 valence electrons.